The molecule has 1 aliphatic rings. The average molecular weight is 462 g/mol. The number of fused-ring (bicyclic) bond motifs is 1. The number of nitrogens with zero attached hydrogens (tertiary/aromatic N) is 1. The molecule has 3 amide bonds. The molecule has 1 atom stereocenters. The molecule has 2 aromatic carbocycles. The minimum absolute atomic E-state index is 0.0170. The quantitative estimate of drug-likeness (QED) is 0.546. The fourth-order valence-electron chi connectivity index (χ4n) is 3.99. The van der Waals surface area contributed by atoms with E-state index in [1.807, 2.05) is 49.6 Å². The number of amides is 3. The topological polar surface area (TPSA) is 78.5 Å². The van der Waals surface area contributed by atoms with Crippen molar-refractivity contribution in [3.8, 4) is 0 Å². The van der Waals surface area contributed by atoms with Gasteiger partial charge in [0.05, 0.1) is 4.88 Å². The zero-order chi connectivity index (χ0) is 23.4. The number of nitrogens with one attached hydrogen (secondary N) is 2. The molecule has 0 fully saturated rings. The number of hydrogen-bond acceptors (Lipinski definition) is 4. The molecule has 1 unspecified atom stereocenters. The molecule has 0 bridgehead atoms. The van der Waals surface area contributed by atoms with Gasteiger partial charge in [0.1, 0.15) is 6.04 Å². The third-order valence-corrected chi connectivity index (χ3v) is 6.46. The lowest BCUT2D eigenvalue weighted by Gasteiger charge is -2.36. The summed E-state index contributed by atoms with van der Waals surface area (Å²) in [6, 6.07) is 18.0. The lowest BCUT2D eigenvalue weighted by molar-refractivity contribution is -0.140. The van der Waals surface area contributed by atoms with E-state index in [0.717, 1.165) is 11.1 Å². The summed E-state index contributed by atoms with van der Waals surface area (Å²) in [5.74, 6) is -0.232. The van der Waals surface area contributed by atoms with Gasteiger partial charge in [0.2, 0.25) is 11.8 Å². The van der Waals surface area contributed by atoms with Crippen LogP contribution in [0.15, 0.2) is 66.0 Å². The first-order chi connectivity index (χ1) is 15.9. The molecule has 0 spiro atoms. The highest BCUT2D eigenvalue weighted by Crippen LogP contribution is 2.26. The average Bonchev–Trinajstić information content (AvgIpc) is 3.33. The van der Waals surface area contributed by atoms with Crippen LogP contribution in [0.25, 0.3) is 0 Å². The molecule has 1 aromatic heterocycles. The van der Waals surface area contributed by atoms with Crippen molar-refractivity contribution in [2.45, 2.75) is 39.3 Å². The van der Waals surface area contributed by atoms with Crippen LogP contribution in [0.1, 0.15) is 41.1 Å². The Morgan fingerprint density at radius 2 is 1.70 bits per heavy atom. The molecule has 2 heterocycles. The number of anilines is 2. The number of thiophene rings is 1. The lowest BCUT2D eigenvalue weighted by atomic mass is 9.92. The maximum absolute atomic E-state index is 13.3. The summed E-state index contributed by atoms with van der Waals surface area (Å²) in [6.07, 6.45) is 0.872. The van der Waals surface area contributed by atoms with Crippen LogP contribution in [0.5, 0.6) is 0 Å². The third-order valence-electron chi connectivity index (χ3n) is 5.59. The number of benzene rings is 2. The van der Waals surface area contributed by atoms with E-state index in [0.29, 0.717) is 35.6 Å². The fraction of sp³-hybridized carbons (Fsp3) is 0.269. The highest BCUT2D eigenvalue weighted by Gasteiger charge is 2.34. The van der Waals surface area contributed by atoms with Gasteiger partial charge in [0.25, 0.3) is 5.91 Å². The predicted octanol–water partition coefficient (Wildman–Crippen LogP) is 4.94. The summed E-state index contributed by atoms with van der Waals surface area (Å²) in [4.78, 5) is 40.9. The molecule has 0 saturated heterocycles. The van der Waals surface area contributed by atoms with E-state index in [4.69, 9.17) is 0 Å². The van der Waals surface area contributed by atoms with Crippen LogP contribution in [-0.2, 0) is 22.6 Å². The van der Waals surface area contributed by atoms with Crippen molar-refractivity contribution in [1.82, 2.24) is 4.90 Å². The number of carbonyl (C=O) groups is 3. The fourth-order valence-corrected chi connectivity index (χ4v) is 4.61. The van der Waals surface area contributed by atoms with E-state index in [-0.39, 0.29) is 23.6 Å². The largest absolute Gasteiger partial charge is 0.326 e. The molecule has 170 valence electrons. The van der Waals surface area contributed by atoms with Gasteiger partial charge in [-0.05, 0) is 46.7 Å². The zero-order valence-electron chi connectivity index (χ0n) is 18.7. The summed E-state index contributed by atoms with van der Waals surface area (Å²) in [7, 11) is 0. The second kappa shape index (κ2) is 10.0. The van der Waals surface area contributed by atoms with Gasteiger partial charge < -0.3 is 15.5 Å². The van der Waals surface area contributed by atoms with Gasteiger partial charge in [-0.25, -0.2) is 0 Å². The van der Waals surface area contributed by atoms with Crippen molar-refractivity contribution < 1.29 is 14.4 Å². The normalized spacial score (nSPS) is 15.1. The first-order valence-corrected chi connectivity index (χ1v) is 11.9. The Balaban J connectivity index is 1.51. The van der Waals surface area contributed by atoms with Gasteiger partial charge in [-0.3, -0.25) is 14.4 Å². The van der Waals surface area contributed by atoms with Crippen LogP contribution in [0, 0.1) is 5.92 Å². The van der Waals surface area contributed by atoms with Gasteiger partial charge in [-0.2, -0.15) is 0 Å². The van der Waals surface area contributed by atoms with Gasteiger partial charge in [-0.15, -0.1) is 11.3 Å². The number of rotatable bonds is 6. The highest BCUT2D eigenvalue weighted by atomic mass is 32.1. The van der Waals surface area contributed by atoms with Crippen LogP contribution in [0.3, 0.4) is 0 Å². The monoisotopic (exact) mass is 461 g/mol. The van der Waals surface area contributed by atoms with Gasteiger partial charge in [0, 0.05) is 30.8 Å². The van der Waals surface area contributed by atoms with Gasteiger partial charge in [-0.1, -0.05) is 50.2 Å². The molecule has 33 heavy (non-hydrogen) atoms. The van der Waals surface area contributed by atoms with Crippen LogP contribution in [0.2, 0.25) is 0 Å². The van der Waals surface area contributed by atoms with Crippen molar-refractivity contribution in [2.75, 3.05) is 10.6 Å². The minimum atomic E-state index is -0.587. The van der Waals surface area contributed by atoms with E-state index < -0.39 is 6.04 Å². The van der Waals surface area contributed by atoms with Gasteiger partial charge in [0.15, 0.2) is 0 Å². The first kappa shape index (κ1) is 22.7. The molecule has 4 rings (SSSR count). The van der Waals surface area contributed by atoms with Crippen molar-refractivity contribution in [1.29, 1.82) is 0 Å². The number of carbonyl (C=O) groups excluding carboxylic acids is 3. The smallest absolute Gasteiger partial charge is 0.265 e. The van der Waals surface area contributed by atoms with Crippen LogP contribution in [0.4, 0.5) is 11.4 Å². The maximum Gasteiger partial charge on any atom is 0.265 e. The molecule has 0 radical (unpaired) electrons. The van der Waals surface area contributed by atoms with Crippen molar-refractivity contribution in [2.24, 2.45) is 5.92 Å². The molecule has 0 aliphatic carbocycles. The van der Waals surface area contributed by atoms with Crippen LogP contribution in [-0.4, -0.2) is 28.7 Å². The molecular formula is C26H27N3O3S. The number of hydrogen-bond donors (Lipinski definition) is 2. The zero-order valence-corrected chi connectivity index (χ0v) is 19.5. The Hall–Kier alpha value is -3.45. The van der Waals surface area contributed by atoms with E-state index in [2.05, 4.69) is 10.6 Å². The highest BCUT2D eigenvalue weighted by molar-refractivity contribution is 7.12. The Morgan fingerprint density at radius 1 is 0.970 bits per heavy atom. The second-order valence-electron chi connectivity index (χ2n) is 8.61. The Labute approximate surface area is 197 Å². The lowest BCUT2D eigenvalue weighted by Crippen LogP contribution is -2.50. The van der Waals surface area contributed by atoms with Crippen molar-refractivity contribution in [3.63, 3.8) is 0 Å². The molecule has 6 nitrogen and oxygen atoms in total. The standard InChI is InChI=1S/C26H27N3O3S/c1-17(2)13-24(30)29-16-19-8-4-3-7-18(19)14-22(29)25(31)27-20-9-5-10-21(15-20)28-26(32)23-11-6-12-33-23/h3-12,15,17,22H,13-14,16H2,1-2H3,(H,27,31)(H,28,32). The minimum Gasteiger partial charge on any atom is -0.326 e. The van der Waals surface area contributed by atoms with E-state index in [1.54, 1.807) is 35.2 Å². The predicted molar refractivity (Wildman–Crippen MR) is 131 cm³/mol. The van der Waals surface area contributed by atoms with Crippen LogP contribution >= 0.6 is 11.3 Å². The summed E-state index contributed by atoms with van der Waals surface area (Å²) in [5.41, 5.74) is 3.33. The van der Waals surface area contributed by atoms with Gasteiger partial charge >= 0.3 is 0 Å². The summed E-state index contributed by atoms with van der Waals surface area (Å²) in [5, 5.41) is 7.65. The molecule has 1 aliphatic heterocycles. The molecule has 2 N–H and O–H groups in total. The van der Waals surface area contributed by atoms with E-state index in [1.165, 1.54) is 11.3 Å². The Morgan fingerprint density at radius 3 is 2.39 bits per heavy atom. The molecular weight excluding hydrogens is 434 g/mol. The Bertz CT molecular complexity index is 1160. The third kappa shape index (κ3) is 5.49. The summed E-state index contributed by atoms with van der Waals surface area (Å²) >= 11 is 1.37. The molecule has 0 saturated carbocycles. The van der Waals surface area contributed by atoms with Crippen molar-refractivity contribution >= 4 is 40.4 Å². The molecule has 7 heteroatoms. The van der Waals surface area contributed by atoms with E-state index in [9.17, 15) is 14.4 Å². The first-order valence-electron chi connectivity index (χ1n) is 11.0. The Kier molecular flexibility index (Phi) is 6.89. The summed E-state index contributed by atoms with van der Waals surface area (Å²) in [6.45, 7) is 4.43. The van der Waals surface area contributed by atoms with Crippen LogP contribution < -0.4 is 10.6 Å². The SMILES string of the molecule is CC(C)CC(=O)N1Cc2ccccc2CC1C(=O)Nc1cccc(NC(=O)c2cccs2)c1. The maximum atomic E-state index is 13.3. The molecule has 3 aromatic rings. The second-order valence-corrected chi connectivity index (χ2v) is 9.56. The van der Waals surface area contributed by atoms with Crippen molar-refractivity contribution in [3.05, 3.63) is 82.0 Å². The van der Waals surface area contributed by atoms with E-state index >= 15 is 0 Å². The summed E-state index contributed by atoms with van der Waals surface area (Å²) < 4.78 is 0.